The zero-order valence-corrected chi connectivity index (χ0v) is 15.9. The van der Waals surface area contributed by atoms with Gasteiger partial charge in [0.05, 0.1) is 10.6 Å². The number of nitrogens with zero attached hydrogens (tertiary/aromatic N) is 2. The van der Waals surface area contributed by atoms with Crippen LogP contribution in [0.4, 0.5) is 10.5 Å². The molecule has 128 valence electrons. The fourth-order valence-electron chi connectivity index (χ4n) is 2.75. The van der Waals surface area contributed by atoms with Gasteiger partial charge in [-0.05, 0) is 66.4 Å². The highest BCUT2D eigenvalue weighted by molar-refractivity contribution is 9.10. The normalized spacial score (nSPS) is 15.9. The summed E-state index contributed by atoms with van der Waals surface area (Å²) in [5, 5.41) is -0.283. The fraction of sp³-hybridized carbons (Fsp3) is 0. The summed E-state index contributed by atoms with van der Waals surface area (Å²) in [6.07, 6.45) is 3.69. The Bertz CT molecular complexity index is 1010. The molecule has 0 radical (unpaired) electrons. The van der Waals surface area contributed by atoms with Crippen molar-refractivity contribution in [3.05, 3.63) is 88.0 Å². The molecule has 3 aromatic rings. The van der Waals surface area contributed by atoms with Crippen LogP contribution in [0.15, 0.2) is 82.3 Å². The third kappa shape index (κ3) is 3.13. The number of hydrogen-bond acceptors (Lipinski definition) is 3. The Balaban J connectivity index is 1.68. The Morgan fingerprint density at radius 3 is 2.31 bits per heavy atom. The van der Waals surface area contributed by atoms with Crippen LogP contribution in [-0.4, -0.2) is 15.7 Å². The molecule has 2 aromatic carbocycles. The van der Waals surface area contributed by atoms with Crippen LogP contribution in [0.5, 0.6) is 0 Å². The van der Waals surface area contributed by atoms with Gasteiger partial charge in [-0.15, -0.1) is 0 Å². The lowest BCUT2D eigenvalue weighted by Crippen LogP contribution is -2.27. The number of imide groups is 1. The van der Waals surface area contributed by atoms with E-state index in [0.717, 1.165) is 27.6 Å². The van der Waals surface area contributed by atoms with E-state index >= 15 is 0 Å². The maximum atomic E-state index is 12.7. The highest BCUT2D eigenvalue weighted by Gasteiger charge is 2.36. The quantitative estimate of drug-likeness (QED) is 0.522. The van der Waals surface area contributed by atoms with Crippen molar-refractivity contribution in [2.45, 2.75) is 0 Å². The number of amides is 2. The molecule has 1 fully saturated rings. The fourth-order valence-corrected chi connectivity index (χ4v) is 3.84. The standard InChI is InChI=1S/C20H13BrN2O2S/c21-14-8-10-15(11-9-14)22-12-4-7-17(22)13-18-19(24)23(20(25)26-18)16-5-2-1-3-6-16/h1-13H/b18-13+. The van der Waals surface area contributed by atoms with Crippen molar-refractivity contribution >= 4 is 50.6 Å². The summed E-state index contributed by atoms with van der Waals surface area (Å²) in [5.41, 5.74) is 2.40. The lowest BCUT2D eigenvalue weighted by molar-refractivity contribution is -0.113. The van der Waals surface area contributed by atoms with E-state index in [2.05, 4.69) is 15.9 Å². The summed E-state index contributed by atoms with van der Waals surface area (Å²) in [4.78, 5) is 26.7. The van der Waals surface area contributed by atoms with Gasteiger partial charge in [-0.2, -0.15) is 0 Å². The summed E-state index contributed by atoms with van der Waals surface area (Å²) in [7, 11) is 0. The molecule has 0 bridgehead atoms. The van der Waals surface area contributed by atoms with E-state index < -0.39 is 0 Å². The van der Waals surface area contributed by atoms with Crippen LogP contribution in [0.1, 0.15) is 5.69 Å². The maximum absolute atomic E-state index is 12.7. The maximum Gasteiger partial charge on any atom is 0.298 e. The van der Waals surface area contributed by atoms with Crippen molar-refractivity contribution in [3.8, 4) is 5.69 Å². The van der Waals surface area contributed by atoms with E-state index in [0.29, 0.717) is 10.6 Å². The minimum atomic E-state index is -0.297. The second-order valence-corrected chi connectivity index (χ2v) is 7.54. The van der Waals surface area contributed by atoms with Crippen molar-refractivity contribution in [1.82, 2.24) is 4.57 Å². The number of aromatic nitrogens is 1. The summed E-state index contributed by atoms with van der Waals surface area (Å²) >= 11 is 4.39. The van der Waals surface area contributed by atoms with Crippen LogP contribution in [0.3, 0.4) is 0 Å². The minimum absolute atomic E-state index is 0.283. The highest BCUT2D eigenvalue weighted by atomic mass is 79.9. The van der Waals surface area contributed by atoms with Gasteiger partial charge in [-0.3, -0.25) is 9.59 Å². The zero-order valence-electron chi connectivity index (χ0n) is 13.5. The second kappa shape index (κ2) is 6.97. The largest absolute Gasteiger partial charge is 0.317 e. The SMILES string of the molecule is O=C1S/C(=C/c2cccn2-c2ccc(Br)cc2)C(=O)N1c1ccccc1. The third-order valence-corrected chi connectivity index (χ3v) is 5.37. The van der Waals surface area contributed by atoms with Gasteiger partial charge in [0.2, 0.25) is 0 Å². The first-order valence-corrected chi connectivity index (χ1v) is 9.51. The number of anilines is 1. The number of hydrogen-bond donors (Lipinski definition) is 0. The van der Waals surface area contributed by atoms with Gasteiger partial charge < -0.3 is 4.57 Å². The molecule has 1 aliphatic heterocycles. The molecule has 4 nitrogen and oxygen atoms in total. The third-order valence-electron chi connectivity index (χ3n) is 3.97. The predicted octanol–water partition coefficient (Wildman–Crippen LogP) is 5.48. The monoisotopic (exact) mass is 424 g/mol. The molecule has 0 atom stereocenters. The molecule has 2 amide bonds. The number of para-hydroxylation sites is 1. The van der Waals surface area contributed by atoms with Crippen LogP contribution in [0.25, 0.3) is 11.8 Å². The van der Waals surface area contributed by atoms with Crippen LogP contribution in [0, 0.1) is 0 Å². The van der Waals surface area contributed by atoms with Gasteiger partial charge in [0.15, 0.2) is 0 Å². The molecule has 1 aromatic heterocycles. The molecule has 4 rings (SSSR count). The van der Waals surface area contributed by atoms with E-state index in [4.69, 9.17) is 0 Å². The molecule has 0 unspecified atom stereocenters. The lowest BCUT2D eigenvalue weighted by Gasteiger charge is -2.11. The summed E-state index contributed by atoms with van der Waals surface area (Å²) in [6.45, 7) is 0. The molecular weight excluding hydrogens is 412 g/mol. The Labute approximate surface area is 163 Å². The van der Waals surface area contributed by atoms with Crippen LogP contribution in [-0.2, 0) is 4.79 Å². The van der Waals surface area contributed by atoms with Gasteiger partial charge in [-0.25, -0.2) is 4.90 Å². The summed E-state index contributed by atoms with van der Waals surface area (Å²) < 4.78 is 2.97. The first-order chi connectivity index (χ1) is 12.6. The van der Waals surface area contributed by atoms with E-state index in [1.807, 2.05) is 53.2 Å². The summed E-state index contributed by atoms with van der Waals surface area (Å²) in [5.74, 6) is -0.297. The molecule has 26 heavy (non-hydrogen) atoms. The van der Waals surface area contributed by atoms with Crippen molar-refractivity contribution in [1.29, 1.82) is 0 Å². The van der Waals surface area contributed by atoms with Crippen LogP contribution in [0.2, 0.25) is 0 Å². The average Bonchev–Trinajstić information content (AvgIpc) is 3.21. The van der Waals surface area contributed by atoms with Crippen molar-refractivity contribution < 1.29 is 9.59 Å². The number of carbonyl (C=O) groups excluding carboxylic acids is 2. The number of benzene rings is 2. The lowest BCUT2D eigenvalue weighted by atomic mass is 10.2. The second-order valence-electron chi connectivity index (χ2n) is 5.63. The first-order valence-electron chi connectivity index (χ1n) is 7.90. The average molecular weight is 425 g/mol. The Hall–Kier alpha value is -2.57. The smallest absolute Gasteiger partial charge is 0.298 e. The number of halogens is 1. The van der Waals surface area contributed by atoms with Crippen LogP contribution < -0.4 is 4.90 Å². The highest BCUT2D eigenvalue weighted by Crippen LogP contribution is 2.35. The Morgan fingerprint density at radius 1 is 0.846 bits per heavy atom. The zero-order chi connectivity index (χ0) is 18.1. The molecule has 1 saturated heterocycles. The molecule has 0 spiro atoms. The van der Waals surface area contributed by atoms with Gasteiger partial charge in [0.1, 0.15) is 0 Å². The topological polar surface area (TPSA) is 42.3 Å². The number of thioether (sulfide) groups is 1. The predicted molar refractivity (Wildman–Crippen MR) is 108 cm³/mol. The molecule has 1 aliphatic rings. The van der Waals surface area contributed by atoms with Crippen molar-refractivity contribution in [2.75, 3.05) is 4.90 Å². The van der Waals surface area contributed by atoms with Gasteiger partial charge in [0, 0.05) is 22.1 Å². The molecule has 0 N–H and O–H groups in total. The number of rotatable bonds is 3. The van der Waals surface area contributed by atoms with E-state index in [9.17, 15) is 9.59 Å². The summed E-state index contributed by atoms with van der Waals surface area (Å²) in [6, 6.07) is 20.7. The van der Waals surface area contributed by atoms with Crippen molar-refractivity contribution in [2.24, 2.45) is 0 Å². The minimum Gasteiger partial charge on any atom is -0.317 e. The van der Waals surface area contributed by atoms with Gasteiger partial charge in [-0.1, -0.05) is 34.1 Å². The molecular formula is C20H13BrN2O2S. The first kappa shape index (κ1) is 16.9. The Kier molecular flexibility index (Phi) is 4.53. The van der Waals surface area contributed by atoms with E-state index in [1.54, 1.807) is 30.3 Å². The van der Waals surface area contributed by atoms with Gasteiger partial charge in [0.25, 0.3) is 11.1 Å². The molecule has 0 aliphatic carbocycles. The van der Waals surface area contributed by atoms with E-state index in [1.165, 1.54) is 4.90 Å². The molecule has 2 heterocycles. The Morgan fingerprint density at radius 2 is 1.58 bits per heavy atom. The van der Waals surface area contributed by atoms with E-state index in [-0.39, 0.29) is 11.1 Å². The number of carbonyl (C=O) groups is 2. The molecule has 0 saturated carbocycles. The van der Waals surface area contributed by atoms with Crippen LogP contribution >= 0.6 is 27.7 Å². The molecule has 6 heteroatoms. The van der Waals surface area contributed by atoms with Crippen molar-refractivity contribution in [3.63, 3.8) is 0 Å². The van der Waals surface area contributed by atoms with Gasteiger partial charge >= 0.3 is 0 Å².